The predicted molar refractivity (Wildman–Crippen MR) is 147 cm³/mol. The van der Waals surface area contributed by atoms with E-state index < -0.39 is 65.0 Å². The molecule has 4 aliphatic rings. The molecule has 5 rings (SSSR count). The number of hydrogen-bond donors (Lipinski definition) is 2. The van der Waals surface area contributed by atoms with Crippen LogP contribution in [0.1, 0.15) is 58.6 Å². The molecule has 1 aromatic carbocycles. The first-order valence-electron chi connectivity index (χ1n) is 14.1. The van der Waals surface area contributed by atoms with Crippen molar-refractivity contribution in [3.05, 3.63) is 35.1 Å². The molecule has 2 heterocycles. The Morgan fingerprint density at radius 2 is 1.70 bits per heavy atom. The third-order valence-electron chi connectivity index (χ3n) is 8.48. The van der Waals surface area contributed by atoms with Gasteiger partial charge in [0.15, 0.2) is 17.6 Å². The summed E-state index contributed by atoms with van der Waals surface area (Å²) in [7, 11) is 1.91. The summed E-state index contributed by atoms with van der Waals surface area (Å²) in [4.78, 5) is 63.4. The first kappa shape index (κ1) is 31.3. The van der Waals surface area contributed by atoms with Gasteiger partial charge in [-0.05, 0) is 64.9 Å². The van der Waals surface area contributed by atoms with Crippen molar-refractivity contribution in [1.82, 2.24) is 4.90 Å². The molecule has 1 saturated heterocycles. The molecule has 238 valence electrons. The molecule has 2 bridgehead atoms. The monoisotopic (exact) mass is 617 g/mol. The molecule has 44 heavy (non-hydrogen) atoms. The van der Waals surface area contributed by atoms with Crippen molar-refractivity contribution in [2.75, 3.05) is 13.6 Å². The number of aliphatic carboxylic acids is 1. The lowest BCUT2D eigenvalue weighted by molar-refractivity contribution is -0.190. The fourth-order valence-corrected chi connectivity index (χ4v) is 6.88. The number of likely N-dealkylation sites (tertiary alicyclic amines) is 1. The van der Waals surface area contributed by atoms with E-state index in [1.807, 2.05) is 7.05 Å². The number of benzene rings is 1. The molecular formula is C30H35NO13. The number of esters is 3. The van der Waals surface area contributed by atoms with Gasteiger partial charge in [-0.2, -0.15) is 0 Å². The lowest BCUT2D eigenvalue weighted by Crippen LogP contribution is -2.74. The maximum Gasteiger partial charge on any atom is 0.514 e. The Labute approximate surface area is 252 Å². The molecule has 0 radical (unpaired) electrons. The van der Waals surface area contributed by atoms with E-state index in [1.165, 1.54) is 6.08 Å². The molecule has 2 N–H and O–H groups in total. The van der Waals surface area contributed by atoms with Crippen LogP contribution in [0.5, 0.6) is 11.5 Å². The number of nitrogens with zero attached hydrogens (tertiary/aromatic N) is 1. The highest BCUT2D eigenvalue weighted by molar-refractivity contribution is 5.88. The normalized spacial score (nSPS) is 27.8. The van der Waals surface area contributed by atoms with E-state index in [-0.39, 0.29) is 29.7 Å². The number of rotatable bonds is 7. The minimum Gasteiger partial charge on any atom is -0.478 e. The minimum atomic E-state index is -2.19. The van der Waals surface area contributed by atoms with Gasteiger partial charge in [0.1, 0.15) is 11.4 Å². The van der Waals surface area contributed by atoms with Crippen LogP contribution in [0.2, 0.25) is 0 Å². The SMILES string of the molecule is CC(=O)OC(C(=O)O)C(OC(C)=O)C(=O)OC1=CC[C@@]2(O)[C@H]3Cc4ccc(OC(=O)OC(C)(C)C)c5c4[C@@]2(CCN3C)[C@H]1O5. The summed E-state index contributed by atoms with van der Waals surface area (Å²) < 4.78 is 32.7. The highest BCUT2D eigenvalue weighted by Crippen LogP contribution is 2.65. The number of aliphatic hydroxyl groups is 1. The van der Waals surface area contributed by atoms with Crippen LogP contribution >= 0.6 is 0 Å². The third kappa shape index (κ3) is 5.05. The van der Waals surface area contributed by atoms with Crippen LogP contribution in [-0.4, -0.2) is 94.3 Å². The summed E-state index contributed by atoms with van der Waals surface area (Å²) in [5.74, 6) is -4.94. The molecule has 2 aliphatic carbocycles. The molecule has 14 heteroatoms. The summed E-state index contributed by atoms with van der Waals surface area (Å²) in [5.41, 5.74) is -1.89. The molecule has 1 spiro atoms. The second-order valence-corrected chi connectivity index (χ2v) is 12.5. The van der Waals surface area contributed by atoms with Crippen LogP contribution < -0.4 is 9.47 Å². The van der Waals surface area contributed by atoms with Gasteiger partial charge < -0.3 is 43.5 Å². The number of carboxylic acids is 1. The van der Waals surface area contributed by atoms with Crippen LogP contribution in [0, 0.1) is 0 Å². The van der Waals surface area contributed by atoms with Crippen LogP contribution in [0.15, 0.2) is 24.0 Å². The van der Waals surface area contributed by atoms with Gasteiger partial charge in [0, 0.05) is 31.9 Å². The average molecular weight is 618 g/mol. The first-order valence-corrected chi connectivity index (χ1v) is 14.1. The van der Waals surface area contributed by atoms with Crippen LogP contribution in [0.25, 0.3) is 0 Å². The van der Waals surface area contributed by atoms with Gasteiger partial charge in [-0.15, -0.1) is 0 Å². The molecule has 2 aliphatic heterocycles. The van der Waals surface area contributed by atoms with Gasteiger partial charge in [0.05, 0.1) is 11.0 Å². The van der Waals surface area contributed by atoms with Crippen LogP contribution in [-0.2, 0) is 50.0 Å². The fourth-order valence-electron chi connectivity index (χ4n) is 6.88. The Hall–Kier alpha value is -4.17. The number of carboxylic acid groups (broad SMARTS) is 1. The molecule has 6 atom stereocenters. The number of likely N-dealkylation sites (N-methyl/N-ethyl adjacent to an activating group) is 1. The average Bonchev–Trinajstić information content (AvgIpc) is 3.25. The number of piperidine rings is 1. The van der Waals surface area contributed by atoms with Crippen molar-refractivity contribution in [3.8, 4) is 11.5 Å². The lowest BCUT2D eigenvalue weighted by Gasteiger charge is -2.61. The molecule has 2 unspecified atom stereocenters. The summed E-state index contributed by atoms with van der Waals surface area (Å²) >= 11 is 0. The Bertz CT molecular complexity index is 1460. The van der Waals surface area contributed by atoms with Crippen molar-refractivity contribution in [3.63, 3.8) is 0 Å². The standard InChI is InChI=1S/C30H35NO13/c1-14(32)39-22(25(34)35)23(40-15(2)33)26(36)41-18-9-10-30(38)19-13-16-7-8-17(42-27(37)44-28(3,4)5)21-20(16)29(30,24(18)43-21)11-12-31(19)6/h7-9,19,22-24,38H,10-13H2,1-6H3,(H,34,35)/t19-,22?,23?,24+,29+,30-/m1/s1. The van der Waals surface area contributed by atoms with Gasteiger partial charge in [0.25, 0.3) is 0 Å². The van der Waals surface area contributed by atoms with Crippen molar-refractivity contribution < 1.29 is 62.6 Å². The zero-order chi connectivity index (χ0) is 32.4. The van der Waals surface area contributed by atoms with E-state index in [0.29, 0.717) is 24.9 Å². The van der Waals surface area contributed by atoms with E-state index >= 15 is 0 Å². The van der Waals surface area contributed by atoms with E-state index in [4.69, 9.17) is 28.4 Å². The van der Waals surface area contributed by atoms with Crippen molar-refractivity contribution in [2.45, 2.75) is 94.9 Å². The second-order valence-electron chi connectivity index (χ2n) is 12.5. The van der Waals surface area contributed by atoms with Crippen molar-refractivity contribution in [1.29, 1.82) is 0 Å². The smallest absolute Gasteiger partial charge is 0.478 e. The van der Waals surface area contributed by atoms with Gasteiger partial charge in [-0.3, -0.25) is 9.59 Å². The summed E-state index contributed by atoms with van der Waals surface area (Å²) in [6.07, 6.45) is -4.06. The van der Waals surface area contributed by atoms with Gasteiger partial charge in [0.2, 0.25) is 12.2 Å². The van der Waals surface area contributed by atoms with Gasteiger partial charge in [-0.25, -0.2) is 14.4 Å². The number of carbonyl (C=O) groups excluding carboxylic acids is 4. The summed E-state index contributed by atoms with van der Waals surface area (Å²) in [6.45, 7) is 7.51. The highest BCUT2D eigenvalue weighted by atomic mass is 16.7. The van der Waals surface area contributed by atoms with E-state index in [9.17, 15) is 34.2 Å². The Kier molecular flexibility index (Phi) is 7.65. The van der Waals surface area contributed by atoms with E-state index in [2.05, 4.69) is 4.90 Å². The molecule has 0 amide bonds. The molecule has 1 aromatic rings. The fraction of sp³-hybridized carbons (Fsp3) is 0.567. The summed E-state index contributed by atoms with van der Waals surface area (Å²) in [6, 6.07) is 3.05. The largest absolute Gasteiger partial charge is 0.514 e. The van der Waals surface area contributed by atoms with Crippen LogP contribution in [0.4, 0.5) is 4.79 Å². The maximum absolute atomic E-state index is 13.4. The second kappa shape index (κ2) is 10.8. The number of ether oxygens (including phenoxy) is 6. The molecule has 1 fully saturated rings. The third-order valence-corrected chi connectivity index (χ3v) is 8.48. The molecule has 0 aromatic heterocycles. The first-order chi connectivity index (χ1) is 20.5. The predicted octanol–water partition coefficient (Wildman–Crippen LogP) is 1.77. The van der Waals surface area contributed by atoms with Crippen LogP contribution in [0.3, 0.4) is 0 Å². The topological polar surface area (TPSA) is 184 Å². The molecule has 14 nitrogen and oxygen atoms in total. The minimum absolute atomic E-state index is 0.0328. The molecule has 0 saturated carbocycles. The number of carbonyl (C=O) groups is 5. The van der Waals surface area contributed by atoms with Crippen molar-refractivity contribution in [2.24, 2.45) is 0 Å². The zero-order valence-electron chi connectivity index (χ0n) is 25.2. The summed E-state index contributed by atoms with van der Waals surface area (Å²) in [5, 5.41) is 22.0. The van der Waals surface area contributed by atoms with E-state index in [1.54, 1.807) is 32.9 Å². The maximum atomic E-state index is 13.4. The Morgan fingerprint density at radius 1 is 1.05 bits per heavy atom. The lowest BCUT2D eigenvalue weighted by atomic mass is 9.50. The number of hydrogen-bond acceptors (Lipinski definition) is 13. The molecular weight excluding hydrogens is 582 g/mol. The Morgan fingerprint density at radius 3 is 2.32 bits per heavy atom. The van der Waals surface area contributed by atoms with Crippen molar-refractivity contribution >= 4 is 30.0 Å². The van der Waals surface area contributed by atoms with Gasteiger partial charge in [-0.1, -0.05) is 6.07 Å². The Balaban J connectivity index is 1.56. The quantitative estimate of drug-likeness (QED) is 0.256. The van der Waals surface area contributed by atoms with E-state index in [0.717, 1.165) is 19.4 Å². The zero-order valence-corrected chi connectivity index (χ0v) is 25.2. The van der Waals surface area contributed by atoms with Gasteiger partial charge >= 0.3 is 30.0 Å². The highest BCUT2D eigenvalue weighted by Gasteiger charge is 2.72.